The van der Waals surface area contributed by atoms with E-state index in [1.165, 1.54) is 5.09 Å². The Morgan fingerprint density at radius 2 is 1.75 bits per heavy atom. The monoisotopic (exact) mass is 90.0 g/mol. The van der Waals surface area contributed by atoms with Gasteiger partial charge in [0.05, 0.1) is 0 Å². The van der Waals surface area contributed by atoms with Crippen molar-refractivity contribution < 1.29 is 66.3 Å². The van der Waals surface area contributed by atoms with Gasteiger partial charge in [-0.25, -0.2) is 0 Å². The molecule has 0 saturated carbocycles. The fourth-order valence-corrected chi connectivity index (χ4v) is 0. The van der Waals surface area contributed by atoms with Crippen molar-refractivity contribution in [2.24, 2.45) is 0 Å². The number of halogens is 1. The predicted octanol–water partition coefficient (Wildman–Crippen LogP) is -3.83. The van der Waals surface area contributed by atoms with Crippen LogP contribution < -0.4 is 56.6 Å². The molecule has 0 aliphatic heterocycles. The van der Waals surface area contributed by atoms with Gasteiger partial charge in [0.15, 0.2) is 0 Å². The van der Waals surface area contributed by atoms with Crippen LogP contribution in [0.1, 0.15) is 0 Å². The van der Waals surface area contributed by atoms with E-state index in [4.69, 9.17) is 5.26 Å². The zero-order chi connectivity index (χ0) is 2.71. The molecule has 0 atom stereocenters. The van der Waals surface area contributed by atoms with Crippen molar-refractivity contribution in [3.8, 4) is 0 Å². The van der Waals surface area contributed by atoms with Crippen LogP contribution in [-0.4, -0.2) is 0 Å². The van der Waals surface area contributed by atoms with Gasteiger partial charge < -0.3 is 5.26 Å². The molecule has 4 heteroatoms. The molecule has 0 aromatic heterocycles. The normalized spacial score (nSPS) is 4.50. The molecule has 0 aliphatic carbocycles. The zero-order valence-corrected chi connectivity index (χ0v) is 5.32. The van der Waals surface area contributed by atoms with Crippen molar-refractivity contribution in [1.82, 2.24) is 0 Å². The van der Waals surface area contributed by atoms with Crippen LogP contribution in [0.4, 0.5) is 4.53 Å². The Bertz CT molecular complexity index is 6.00. The van der Waals surface area contributed by atoms with Crippen molar-refractivity contribution in [2.45, 2.75) is 0 Å². The van der Waals surface area contributed by atoms with Crippen LogP contribution in [0.3, 0.4) is 0 Å². The van der Waals surface area contributed by atoms with Gasteiger partial charge in [-0.15, -0.1) is 0 Å². The van der Waals surface area contributed by atoms with E-state index < -0.39 is 0 Å². The van der Waals surface area contributed by atoms with Crippen molar-refractivity contribution in [1.29, 1.82) is 0 Å². The van der Waals surface area contributed by atoms with Crippen molar-refractivity contribution in [2.75, 3.05) is 0 Å². The average Bonchev–Trinajstić information content (AvgIpc) is 0.918. The summed E-state index contributed by atoms with van der Waals surface area (Å²) < 4.78 is 9.24. The number of hydrogen-bond donors (Lipinski definition) is 0. The first-order valence-electron chi connectivity index (χ1n) is 0.321. The molecular formula is FKO2. The Labute approximate surface area is 65.2 Å². The first-order chi connectivity index (χ1) is 1.41. The van der Waals surface area contributed by atoms with Crippen LogP contribution in [-0.2, 0) is 5.09 Å². The molecule has 0 aliphatic rings. The van der Waals surface area contributed by atoms with E-state index in [0.717, 1.165) is 0 Å². The standard InChI is InChI=1S/FHO2.K/c1-3-2;/h2H;/q;+1/p-1. The summed E-state index contributed by atoms with van der Waals surface area (Å²) in [6.45, 7) is 0. The molecule has 4 heavy (non-hydrogen) atoms. The van der Waals surface area contributed by atoms with Gasteiger partial charge in [-0.1, -0.05) is 4.53 Å². The summed E-state index contributed by atoms with van der Waals surface area (Å²) >= 11 is 0. The summed E-state index contributed by atoms with van der Waals surface area (Å²) in [4.78, 5) is 0. The second-order valence-electron chi connectivity index (χ2n) is 0.0630. The van der Waals surface area contributed by atoms with Crippen molar-refractivity contribution in [3.05, 3.63) is 0 Å². The molecule has 2 nitrogen and oxygen atoms in total. The summed E-state index contributed by atoms with van der Waals surface area (Å²) in [7, 11) is 0. The molecule has 0 saturated heterocycles. The van der Waals surface area contributed by atoms with Gasteiger partial charge in [0.2, 0.25) is 0 Å². The van der Waals surface area contributed by atoms with E-state index >= 15 is 0 Å². The maximum Gasteiger partial charge on any atom is 1.00 e. The molecular weight excluding hydrogens is 90.1 g/mol. The van der Waals surface area contributed by atoms with Gasteiger partial charge in [-0.05, 0) is 0 Å². The fraction of sp³-hybridized carbons (Fsp3) is 0. The minimum Gasteiger partial charge on any atom is -0.688 e. The van der Waals surface area contributed by atoms with E-state index in [0.29, 0.717) is 0 Å². The third kappa shape index (κ3) is 9.76. The summed E-state index contributed by atoms with van der Waals surface area (Å²) in [5, 5.41) is 9.26. The molecule has 0 heterocycles. The second kappa shape index (κ2) is 8.82. The van der Waals surface area contributed by atoms with Gasteiger partial charge in [0.25, 0.3) is 0 Å². The maximum atomic E-state index is 9.24. The third-order valence-electron chi connectivity index (χ3n) is 0. The molecule has 0 aromatic rings. The molecule has 0 amide bonds. The molecule has 0 bridgehead atoms. The summed E-state index contributed by atoms with van der Waals surface area (Å²) in [6.07, 6.45) is 0. The SMILES string of the molecule is [K+].[O-]OF. The molecule has 0 fully saturated rings. The first-order valence-corrected chi connectivity index (χ1v) is 0.321. The van der Waals surface area contributed by atoms with Crippen LogP contribution in [0, 0.1) is 0 Å². The average molecular weight is 90.1 g/mol. The molecule has 0 spiro atoms. The van der Waals surface area contributed by atoms with Crippen LogP contribution in [0.2, 0.25) is 0 Å². The predicted molar refractivity (Wildman–Crippen MR) is 2.19 cm³/mol. The van der Waals surface area contributed by atoms with Crippen molar-refractivity contribution >= 4 is 0 Å². The van der Waals surface area contributed by atoms with E-state index in [9.17, 15) is 4.53 Å². The first kappa shape index (κ1) is 9.09. The van der Waals surface area contributed by atoms with E-state index in [-0.39, 0.29) is 51.4 Å². The molecule has 0 unspecified atom stereocenters. The topological polar surface area (TPSA) is 32.3 Å². The summed E-state index contributed by atoms with van der Waals surface area (Å²) in [5.41, 5.74) is 0. The molecule has 0 rings (SSSR count). The second-order valence-corrected chi connectivity index (χ2v) is 0.0630. The number of rotatable bonds is 0. The minimum atomic E-state index is 0. The van der Waals surface area contributed by atoms with Gasteiger partial charge >= 0.3 is 51.4 Å². The number of hydrogen-bond acceptors (Lipinski definition) is 2. The Balaban J connectivity index is 0. The zero-order valence-electron chi connectivity index (χ0n) is 2.19. The van der Waals surface area contributed by atoms with E-state index in [1.54, 1.807) is 0 Å². The summed E-state index contributed by atoms with van der Waals surface area (Å²) in [5.74, 6) is 0. The molecule has 20 valence electrons. The molecule has 0 aromatic carbocycles. The smallest absolute Gasteiger partial charge is 0.688 e. The Morgan fingerprint density at radius 1 is 1.75 bits per heavy atom. The fourth-order valence-electron chi connectivity index (χ4n) is 0. The minimum absolute atomic E-state index is 0. The Hall–Kier alpha value is 1.49. The van der Waals surface area contributed by atoms with Crippen molar-refractivity contribution in [3.63, 3.8) is 0 Å². The van der Waals surface area contributed by atoms with Gasteiger partial charge in [-0.3, -0.25) is 5.09 Å². The Kier molecular flexibility index (Phi) is 20.0. The van der Waals surface area contributed by atoms with E-state index in [2.05, 4.69) is 0 Å². The maximum absolute atomic E-state index is 9.24. The molecule has 0 N–H and O–H groups in total. The van der Waals surface area contributed by atoms with Crippen LogP contribution in [0.5, 0.6) is 0 Å². The third-order valence-corrected chi connectivity index (χ3v) is 0. The quantitative estimate of drug-likeness (QED) is 0.173. The van der Waals surface area contributed by atoms with Crippen LogP contribution in [0.15, 0.2) is 0 Å². The Morgan fingerprint density at radius 3 is 1.75 bits per heavy atom. The largest absolute Gasteiger partial charge is 1.00 e. The van der Waals surface area contributed by atoms with Gasteiger partial charge in [0.1, 0.15) is 0 Å². The van der Waals surface area contributed by atoms with Gasteiger partial charge in [0, 0.05) is 0 Å². The van der Waals surface area contributed by atoms with Crippen LogP contribution >= 0.6 is 0 Å². The van der Waals surface area contributed by atoms with E-state index in [1.807, 2.05) is 0 Å². The summed E-state index contributed by atoms with van der Waals surface area (Å²) in [6, 6.07) is 0. The van der Waals surface area contributed by atoms with Gasteiger partial charge in [-0.2, -0.15) is 0 Å². The molecule has 0 radical (unpaired) electrons. The van der Waals surface area contributed by atoms with Crippen LogP contribution in [0.25, 0.3) is 0 Å².